The molecule has 0 spiro atoms. The molecule has 3 aromatic carbocycles. The third-order valence-electron chi connectivity index (χ3n) is 4.61. The van der Waals surface area contributed by atoms with Crippen molar-refractivity contribution in [2.45, 2.75) is 18.9 Å². The molecule has 1 aliphatic rings. The van der Waals surface area contributed by atoms with Gasteiger partial charge in [0.25, 0.3) is 0 Å². The van der Waals surface area contributed by atoms with Gasteiger partial charge >= 0.3 is 0 Å². The van der Waals surface area contributed by atoms with E-state index in [1.807, 2.05) is 30.3 Å². The zero-order valence-electron chi connectivity index (χ0n) is 13.5. The van der Waals surface area contributed by atoms with Crippen LogP contribution in [-0.2, 0) is 6.42 Å². The van der Waals surface area contributed by atoms with E-state index in [1.165, 1.54) is 0 Å². The minimum Gasteiger partial charge on any atom is -0.497 e. The van der Waals surface area contributed by atoms with Crippen molar-refractivity contribution in [2.24, 2.45) is 0 Å². The Balaban J connectivity index is 1.75. The molecule has 2 nitrogen and oxygen atoms in total. The first-order valence-corrected chi connectivity index (χ1v) is 7.97. The summed E-state index contributed by atoms with van der Waals surface area (Å²) in [5.74, 6) is -1.70. The number of hydrogen-bond donors (Lipinski definition) is 0. The monoisotopic (exact) mass is 344 g/mol. The van der Waals surface area contributed by atoms with E-state index in [1.54, 1.807) is 7.11 Å². The van der Waals surface area contributed by atoms with E-state index >= 15 is 0 Å². The maximum Gasteiger partial charge on any atom is 0.161 e. The average Bonchev–Trinajstić information content (AvgIpc) is 2.63. The van der Waals surface area contributed by atoms with Gasteiger partial charge in [-0.15, -0.1) is 0 Å². The van der Waals surface area contributed by atoms with Crippen molar-refractivity contribution in [2.75, 3.05) is 7.11 Å². The molecule has 128 valence electrons. The van der Waals surface area contributed by atoms with Crippen molar-refractivity contribution in [3.63, 3.8) is 0 Å². The van der Waals surface area contributed by atoms with Crippen LogP contribution in [0.3, 0.4) is 0 Å². The van der Waals surface area contributed by atoms with Crippen LogP contribution >= 0.6 is 0 Å². The summed E-state index contributed by atoms with van der Waals surface area (Å²) in [6.07, 6.45) is 0.472. The third-order valence-corrected chi connectivity index (χ3v) is 4.61. The first-order valence-electron chi connectivity index (χ1n) is 7.97. The quantitative estimate of drug-likeness (QED) is 0.585. The van der Waals surface area contributed by atoms with E-state index in [0.717, 1.165) is 28.2 Å². The highest BCUT2D eigenvalue weighted by Gasteiger charge is 2.26. The van der Waals surface area contributed by atoms with Crippen molar-refractivity contribution in [3.8, 4) is 11.5 Å². The molecule has 0 fully saturated rings. The van der Waals surface area contributed by atoms with E-state index in [2.05, 4.69) is 0 Å². The van der Waals surface area contributed by atoms with Gasteiger partial charge in [-0.3, -0.25) is 0 Å². The van der Waals surface area contributed by atoms with E-state index in [0.29, 0.717) is 24.7 Å². The molecule has 0 saturated heterocycles. The van der Waals surface area contributed by atoms with Gasteiger partial charge in [0, 0.05) is 17.2 Å². The molecule has 1 atom stereocenters. The molecule has 4 rings (SSSR count). The highest BCUT2D eigenvalue weighted by molar-refractivity contribution is 5.89. The van der Waals surface area contributed by atoms with Crippen molar-refractivity contribution >= 4 is 10.8 Å². The summed E-state index contributed by atoms with van der Waals surface area (Å²) < 4.78 is 51.9. The predicted octanol–water partition coefficient (Wildman–Crippen LogP) is 5.33. The van der Waals surface area contributed by atoms with Gasteiger partial charge in [-0.2, -0.15) is 0 Å². The molecule has 0 bridgehead atoms. The van der Waals surface area contributed by atoms with Gasteiger partial charge in [0.15, 0.2) is 11.6 Å². The van der Waals surface area contributed by atoms with Gasteiger partial charge in [0.1, 0.15) is 23.4 Å². The Morgan fingerprint density at radius 3 is 2.52 bits per heavy atom. The number of benzene rings is 3. The fourth-order valence-electron chi connectivity index (χ4n) is 3.33. The van der Waals surface area contributed by atoms with Crippen LogP contribution in [0.2, 0.25) is 0 Å². The minimum absolute atomic E-state index is 0.0373. The lowest BCUT2D eigenvalue weighted by Crippen LogP contribution is -2.17. The molecular formula is C20H15F3O2. The Morgan fingerprint density at radius 1 is 0.960 bits per heavy atom. The van der Waals surface area contributed by atoms with Crippen LogP contribution in [0.15, 0.2) is 42.5 Å². The lowest BCUT2D eigenvalue weighted by atomic mass is 9.93. The van der Waals surface area contributed by atoms with Crippen LogP contribution in [0, 0.1) is 17.5 Å². The zero-order valence-corrected chi connectivity index (χ0v) is 13.5. The van der Waals surface area contributed by atoms with E-state index in [4.69, 9.17) is 9.47 Å². The normalized spacial score (nSPS) is 16.4. The van der Waals surface area contributed by atoms with E-state index in [9.17, 15) is 13.2 Å². The number of fused-ring (bicyclic) bond motifs is 3. The number of rotatable bonds is 2. The maximum absolute atomic E-state index is 14.0. The summed E-state index contributed by atoms with van der Waals surface area (Å²) >= 11 is 0. The molecule has 0 radical (unpaired) electrons. The Labute approximate surface area is 142 Å². The highest BCUT2D eigenvalue weighted by atomic mass is 19.2. The second-order valence-electron chi connectivity index (χ2n) is 6.06. The smallest absolute Gasteiger partial charge is 0.161 e. The number of methoxy groups -OCH3 is 1. The molecule has 1 heterocycles. The van der Waals surface area contributed by atoms with Gasteiger partial charge in [-0.25, -0.2) is 13.2 Å². The second kappa shape index (κ2) is 5.99. The number of hydrogen-bond acceptors (Lipinski definition) is 2. The fourth-order valence-corrected chi connectivity index (χ4v) is 3.33. The fraction of sp³-hybridized carbons (Fsp3) is 0.200. The lowest BCUT2D eigenvalue weighted by molar-refractivity contribution is 0.172. The molecule has 0 unspecified atom stereocenters. The molecule has 0 N–H and O–H groups in total. The Hall–Kier alpha value is -2.69. The molecule has 1 aliphatic heterocycles. The Kier molecular flexibility index (Phi) is 3.79. The van der Waals surface area contributed by atoms with Crippen LogP contribution in [0.4, 0.5) is 13.2 Å². The lowest BCUT2D eigenvalue weighted by Gasteiger charge is -2.28. The molecule has 25 heavy (non-hydrogen) atoms. The van der Waals surface area contributed by atoms with Crippen LogP contribution in [-0.4, -0.2) is 7.11 Å². The van der Waals surface area contributed by atoms with E-state index < -0.39 is 23.6 Å². The predicted molar refractivity (Wildman–Crippen MR) is 88.5 cm³/mol. The van der Waals surface area contributed by atoms with Crippen molar-refractivity contribution < 1.29 is 22.6 Å². The molecule has 0 aromatic heterocycles. The van der Waals surface area contributed by atoms with Gasteiger partial charge in [0.05, 0.1) is 7.11 Å². The van der Waals surface area contributed by atoms with Crippen molar-refractivity contribution in [1.29, 1.82) is 0 Å². The molecule has 0 aliphatic carbocycles. The SMILES string of the molecule is COc1ccc2ccc3c(c2c1)CC[C@@H](c1cc(F)c(F)cc1F)O3. The average molecular weight is 344 g/mol. The number of aryl methyl sites for hydroxylation is 1. The summed E-state index contributed by atoms with van der Waals surface area (Å²) in [6.45, 7) is 0. The van der Waals surface area contributed by atoms with Crippen LogP contribution in [0.5, 0.6) is 11.5 Å². The first kappa shape index (κ1) is 15.8. The summed E-state index contributed by atoms with van der Waals surface area (Å²) in [5, 5.41) is 2.07. The zero-order chi connectivity index (χ0) is 17.6. The van der Waals surface area contributed by atoms with E-state index in [-0.39, 0.29) is 5.56 Å². The molecule has 3 aromatic rings. The van der Waals surface area contributed by atoms with Gasteiger partial charge in [-0.05, 0) is 47.9 Å². The van der Waals surface area contributed by atoms with Gasteiger partial charge in [0.2, 0.25) is 0 Å². The molecular weight excluding hydrogens is 329 g/mol. The van der Waals surface area contributed by atoms with Crippen LogP contribution in [0.25, 0.3) is 10.8 Å². The topological polar surface area (TPSA) is 18.5 Å². The largest absolute Gasteiger partial charge is 0.497 e. The molecule has 5 heteroatoms. The third kappa shape index (κ3) is 2.69. The van der Waals surface area contributed by atoms with Crippen LogP contribution in [0.1, 0.15) is 23.7 Å². The van der Waals surface area contributed by atoms with Crippen molar-refractivity contribution in [1.82, 2.24) is 0 Å². The number of ether oxygens (including phenoxy) is 2. The summed E-state index contributed by atoms with van der Waals surface area (Å²) in [6, 6.07) is 11.0. The molecule has 0 saturated carbocycles. The van der Waals surface area contributed by atoms with Gasteiger partial charge < -0.3 is 9.47 Å². The van der Waals surface area contributed by atoms with Crippen LogP contribution < -0.4 is 9.47 Å². The number of halogens is 3. The Bertz CT molecular complexity index is 969. The van der Waals surface area contributed by atoms with Crippen molar-refractivity contribution in [3.05, 3.63) is 71.0 Å². The highest BCUT2D eigenvalue weighted by Crippen LogP contribution is 2.40. The Morgan fingerprint density at radius 2 is 1.72 bits per heavy atom. The summed E-state index contributed by atoms with van der Waals surface area (Å²) in [5.41, 5.74) is 1.05. The maximum atomic E-state index is 14.0. The summed E-state index contributed by atoms with van der Waals surface area (Å²) in [4.78, 5) is 0. The first-order chi connectivity index (χ1) is 12.1. The summed E-state index contributed by atoms with van der Waals surface area (Å²) in [7, 11) is 1.61. The standard InChI is InChI=1S/C20H15F3O2/c1-24-12-4-2-11-3-6-19-13(14(11)8-12)5-7-20(25-19)15-9-17(22)18(23)10-16(15)21/h2-4,6,8-10,20H,5,7H2,1H3/t20-/m0/s1. The second-order valence-corrected chi connectivity index (χ2v) is 6.06. The molecule has 0 amide bonds. The minimum atomic E-state index is -1.20. The van der Waals surface area contributed by atoms with Gasteiger partial charge in [-0.1, -0.05) is 12.1 Å².